The number of nitrogens with zero attached hydrogens (tertiary/aromatic N) is 3. The number of rotatable bonds is 12. The molecule has 0 unspecified atom stereocenters. The van der Waals surface area contributed by atoms with Crippen molar-refractivity contribution in [3.63, 3.8) is 0 Å². The maximum atomic E-state index is 12.0. The second-order valence-electron chi connectivity index (χ2n) is 10.6. The fourth-order valence-electron chi connectivity index (χ4n) is 5.25. The van der Waals surface area contributed by atoms with Crippen molar-refractivity contribution in [1.82, 2.24) is 20.2 Å². The summed E-state index contributed by atoms with van der Waals surface area (Å²) in [5.41, 5.74) is 3.54. The Hall–Kier alpha value is -2.67. The third-order valence-corrected chi connectivity index (χ3v) is 7.82. The molecule has 0 aliphatic heterocycles. The number of benzene rings is 1. The molecule has 1 aromatic carbocycles. The lowest BCUT2D eigenvalue weighted by molar-refractivity contribution is -0.127. The molecule has 3 N–H and O–H groups in total. The molecule has 7 heteroatoms. The largest absolute Gasteiger partial charge is 0.370 e. The minimum absolute atomic E-state index is 0.222. The highest BCUT2D eigenvalue weighted by molar-refractivity contribution is 5.79. The number of anilines is 3. The average Bonchev–Trinajstić information content (AvgIpc) is 3.50. The van der Waals surface area contributed by atoms with Gasteiger partial charge in [-0.05, 0) is 75.6 Å². The molecule has 1 amide bonds. The van der Waals surface area contributed by atoms with Gasteiger partial charge in [-0.25, -0.2) is 4.98 Å². The molecule has 3 aliphatic rings. The van der Waals surface area contributed by atoms with E-state index >= 15 is 0 Å². The van der Waals surface area contributed by atoms with Crippen LogP contribution in [0.5, 0.6) is 0 Å². The van der Waals surface area contributed by atoms with Crippen LogP contribution in [0.3, 0.4) is 0 Å². The van der Waals surface area contributed by atoms with Crippen LogP contribution in [0.15, 0.2) is 30.5 Å². The van der Waals surface area contributed by atoms with Gasteiger partial charge in [-0.1, -0.05) is 31.4 Å². The van der Waals surface area contributed by atoms with Crippen LogP contribution < -0.4 is 16.0 Å². The number of hydrogen-bond acceptors (Lipinski definition) is 6. The van der Waals surface area contributed by atoms with Gasteiger partial charge in [-0.3, -0.25) is 9.69 Å². The lowest BCUT2D eigenvalue weighted by Gasteiger charge is -2.24. The molecule has 5 rings (SSSR count). The third kappa shape index (κ3) is 6.51. The van der Waals surface area contributed by atoms with Crippen molar-refractivity contribution in [2.45, 2.75) is 82.7 Å². The van der Waals surface area contributed by atoms with E-state index in [0.29, 0.717) is 24.5 Å². The van der Waals surface area contributed by atoms with Gasteiger partial charge in [0.1, 0.15) is 5.82 Å². The summed E-state index contributed by atoms with van der Waals surface area (Å²) in [4.78, 5) is 24.0. The Bertz CT molecular complexity index is 997. The normalized spacial score (nSPS) is 18.5. The van der Waals surface area contributed by atoms with Gasteiger partial charge in [-0.15, -0.1) is 0 Å². The zero-order valence-corrected chi connectivity index (χ0v) is 21.1. The highest BCUT2D eigenvalue weighted by Gasteiger charge is 2.28. The van der Waals surface area contributed by atoms with Crippen molar-refractivity contribution in [1.29, 1.82) is 0 Å². The van der Waals surface area contributed by atoms with E-state index < -0.39 is 0 Å². The Labute approximate surface area is 209 Å². The van der Waals surface area contributed by atoms with Crippen molar-refractivity contribution in [2.75, 3.05) is 30.8 Å². The third-order valence-electron chi connectivity index (χ3n) is 7.82. The van der Waals surface area contributed by atoms with Gasteiger partial charge in [0.2, 0.25) is 11.9 Å². The second-order valence-corrected chi connectivity index (χ2v) is 10.6. The Balaban J connectivity index is 1.16. The molecule has 3 aliphatic carbocycles. The van der Waals surface area contributed by atoms with Crippen molar-refractivity contribution in [2.24, 2.45) is 5.92 Å². The Morgan fingerprint density at radius 2 is 1.89 bits per heavy atom. The summed E-state index contributed by atoms with van der Waals surface area (Å²) in [6.07, 6.45) is 13.9. The lowest BCUT2D eigenvalue weighted by atomic mass is 9.85. The van der Waals surface area contributed by atoms with Crippen LogP contribution in [0, 0.1) is 5.92 Å². The van der Waals surface area contributed by atoms with Gasteiger partial charge >= 0.3 is 0 Å². The van der Waals surface area contributed by atoms with Crippen LogP contribution in [0.4, 0.5) is 17.5 Å². The number of carbonyl (C=O) groups is 1. The molecule has 1 heterocycles. The van der Waals surface area contributed by atoms with Crippen molar-refractivity contribution in [3.05, 3.63) is 41.6 Å². The summed E-state index contributed by atoms with van der Waals surface area (Å²) >= 11 is 0. The molecule has 0 radical (unpaired) electrons. The first-order valence-electron chi connectivity index (χ1n) is 13.6. The molecule has 3 saturated carbocycles. The van der Waals surface area contributed by atoms with Gasteiger partial charge < -0.3 is 16.0 Å². The fourth-order valence-corrected chi connectivity index (χ4v) is 5.25. The molecule has 3 fully saturated rings. The number of carbonyl (C=O) groups excluding carboxylic acids is 1. The van der Waals surface area contributed by atoms with E-state index in [2.05, 4.69) is 57.1 Å². The van der Waals surface area contributed by atoms with Gasteiger partial charge in [0.15, 0.2) is 0 Å². The zero-order chi connectivity index (χ0) is 24.0. The van der Waals surface area contributed by atoms with Crippen molar-refractivity contribution in [3.8, 4) is 0 Å². The van der Waals surface area contributed by atoms with Gasteiger partial charge in [0.25, 0.3) is 0 Å². The number of hydrogen-bond donors (Lipinski definition) is 3. The van der Waals surface area contributed by atoms with Crippen LogP contribution in [0.1, 0.15) is 81.3 Å². The maximum Gasteiger partial charge on any atom is 0.229 e. The zero-order valence-electron chi connectivity index (χ0n) is 21.1. The van der Waals surface area contributed by atoms with Gasteiger partial charge in [-0.2, -0.15) is 4.98 Å². The standard InChI is InChI=1S/C28H40N6O/c1-34(24-11-2-3-12-24)19-20-7-4-10-23(17-20)32-28-31-18-25(21-13-14-21)26(33-28)29-15-6-16-30-27(35)22-8-5-9-22/h4,7,10,17-18,21-22,24H,2-3,5-6,8-9,11-16,19H2,1H3,(H,30,35)(H2,29,31,32,33). The van der Waals surface area contributed by atoms with Crippen LogP contribution >= 0.6 is 0 Å². The topological polar surface area (TPSA) is 82.2 Å². The quantitative estimate of drug-likeness (QED) is 0.366. The summed E-state index contributed by atoms with van der Waals surface area (Å²) in [7, 11) is 2.24. The van der Waals surface area contributed by atoms with Crippen LogP contribution in [-0.2, 0) is 11.3 Å². The van der Waals surface area contributed by atoms with Gasteiger partial charge in [0, 0.05) is 49.0 Å². The first-order chi connectivity index (χ1) is 17.2. The molecule has 188 valence electrons. The van der Waals surface area contributed by atoms with E-state index in [0.717, 1.165) is 43.9 Å². The molecule has 0 spiro atoms. The molecule has 35 heavy (non-hydrogen) atoms. The van der Waals surface area contributed by atoms with Crippen molar-refractivity contribution >= 4 is 23.4 Å². The van der Waals surface area contributed by atoms with Gasteiger partial charge in [0.05, 0.1) is 0 Å². The van der Waals surface area contributed by atoms with E-state index in [-0.39, 0.29) is 11.8 Å². The Kier molecular flexibility index (Phi) is 7.82. The van der Waals surface area contributed by atoms with E-state index in [1.165, 1.54) is 56.1 Å². The first-order valence-corrected chi connectivity index (χ1v) is 13.6. The van der Waals surface area contributed by atoms with Crippen LogP contribution in [0.25, 0.3) is 0 Å². The Morgan fingerprint density at radius 3 is 2.63 bits per heavy atom. The molecule has 0 atom stereocenters. The van der Waals surface area contributed by atoms with Crippen molar-refractivity contribution < 1.29 is 4.79 Å². The second kappa shape index (κ2) is 11.4. The minimum Gasteiger partial charge on any atom is -0.370 e. The summed E-state index contributed by atoms with van der Waals surface area (Å²) in [5, 5.41) is 10.0. The number of amides is 1. The molecular weight excluding hydrogens is 436 g/mol. The minimum atomic E-state index is 0.222. The smallest absolute Gasteiger partial charge is 0.229 e. The molecular formula is C28H40N6O. The molecule has 0 saturated heterocycles. The highest BCUT2D eigenvalue weighted by atomic mass is 16.1. The summed E-state index contributed by atoms with van der Waals surface area (Å²) < 4.78 is 0. The first kappa shape index (κ1) is 24.0. The molecule has 1 aromatic heterocycles. The van der Waals surface area contributed by atoms with E-state index in [1.54, 1.807) is 0 Å². The molecule has 0 bridgehead atoms. The monoisotopic (exact) mass is 476 g/mol. The highest BCUT2D eigenvalue weighted by Crippen LogP contribution is 2.42. The molecule has 7 nitrogen and oxygen atoms in total. The summed E-state index contributed by atoms with van der Waals surface area (Å²) in [5.74, 6) is 2.59. The van der Waals surface area contributed by atoms with E-state index in [1.807, 2.05) is 6.20 Å². The average molecular weight is 477 g/mol. The number of aromatic nitrogens is 2. The van der Waals surface area contributed by atoms with E-state index in [9.17, 15) is 4.79 Å². The summed E-state index contributed by atoms with van der Waals surface area (Å²) in [6.45, 7) is 2.45. The van der Waals surface area contributed by atoms with Crippen LogP contribution in [-0.4, -0.2) is 47.0 Å². The predicted molar refractivity (Wildman–Crippen MR) is 141 cm³/mol. The molecule has 2 aromatic rings. The fraction of sp³-hybridized carbons (Fsp3) is 0.607. The maximum absolute atomic E-state index is 12.0. The van der Waals surface area contributed by atoms with E-state index in [4.69, 9.17) is 4.98 Å². The summed E-state index contributed by atoms with van der Waals surface area (Å²) in [6, 6.07) is 9.31. The van der Waals surface area contributed by atoms with Crippen LogP contribution in [0.2, 0.25) is 0 Å². The SMILES string of the molecule is CN(Cc1cccc(Nc2ncc(C3CC3)c(NCCCNC(=O)C3CCC3)n2)c1)C1CCCC1. The number of nitrogens with one attached hydrogen (secondary N) is 3. The Morgan fingerprint density at radius 1 is 1.06 bits per heavy atom. The predicted octanol–water partition coefficient (Wildman–Crippen LogP) is 5.19. The lowest BCUT2D eigenvalue weighted by Crippen LogP contribution is -2.35.